The predicted octanol–water partition coefficient (Wildman–Crippen LogP) is 1.97. The molecule has 2 N–H and O–H groups in total. The van der Waals surface area contributed by atoms with Crippen LogP contribution in [-0.2, 0) is 16.0 Å². The van der Waals surface area contributed by atoms with Gasteiger partial charge in [-0.05, 0) is 13.0 Å². The highest BCUT2D eigenvalue weighted by Crippen LogP contribution is 2.18. The normalized spacial score (nSPS) is 11.2. The fourth-order valence-electron chi connectivity index (χ4n) is 1.92. The van der Waals surface area contributed by atoms with E-state index in [1.807, 2.05) is 31.2 Å². The van der Waals surface area contributed by atoms with Gasteiger partial charge in [0.15, 0.2) is 5.96 Å². The van der Waals surface area contributed by atoms with Gasteiger partial charge >= 0.3 is 0 Å². The Morgan fingerprint density at radius 1 is 1.21 bits per heavy atom. The molecule has 1 aromatic rings. The minimum Gasteiger partial charge on any atom is -0.489 e. The number of hydrogen-bond donors (Lipinski definition) is 2. The molecule has 0 aliphatic rings. The number of guanidine groups is 1. The summed E-state index contributed by atoms with van der Waals surface area (Å²) < 4.78 is 16.0. The molecule has 6 heteroatoms. The van der Waals surface area contributed by atoms with Crippen LogP contribution in [0.25, 0.3) is 0 Å². The molecule has 6 nitrogen and oxygen atoms in total. The zero-order valence-corrected chi connectivity index (χ0v) is 14.7. The van der Waals surface area contributed by atoms with Crippen LogP contribution in [-0.4, -0.2) is 52.6 Å². The second kappa shape index (κ2) is 13.4. The molecule has 1 aromatic carbocycles. The number of methoxy groups -OCH3 is 1. The Morgan fingerprint density at radius 2 is 2.04 bits per heavy atom. The van der Waals surface area contributed by atoms with Crippen LogP contribution in [0.2, 0.25) is 0 Å². The Hall–Kier alpha value is -2.05. The quantitative estimate of drug-likeness (QED) is 0.265. The lowest BCUT2D eigenvalue weighted by atomic mass is 10.2. The largest absolute Gasteiger partial charge is 0.489 e. The lowest BCUT2D eigenvalue weighted by molar-refractivity contribution is 0.0733. The maximum absolute atomic E-state index is 5.65. The van der Waals surface area contributed by atoms with E-state index in [0.717, 1.165) is 23.8 Å². The van der Waals surface area contributed by atoms with Crippen molar-refractivity contribution < 1.29 is 14.2 Å². The van der Waals surface area contributed by atoms with Crippen LogP contribution in [0.1, 0.15) is 12.5 Å². The Balaban J connectivity index is 2.51. The van der Waals surface area contributed by atoms with Crippen LogP contribution < -0.4 is 15.4 Å². The first kappa shape index (κ1) is 20.0. The Bertz CT molecular complexity index is 492. The molecule has 0 saturated carbocycles. The fourth-order valence-corrected chi connectivity index (χ4v) is 1.92. The second-order valence-corrected chi connectivity index (χ2v) is 4.93. The van der Waals surface area contributed by atoms with E-state index in [0.29, 0.717) is 39.5 Å². The van der Waals surface area contributed by atoms with Gasteiger partial charge < -0.3 is 24.8 Å². The molecule has 0 fully saturated rings. The number of nitrogens with zero attached hydrogens (tertiary/aromatic N) is 1. The van der Waals surface area contributed by atoms with E-state index in [1.54, 1.807) is 13.2 Å². The minimum atomic E-state index is 0.484. The molecule has 0 heterocycles. The summed E-state index contributed by atoms with van der Waals surface area (Å²) in [6.45, 7) is 10.0. The first-order valence-electron chi connectivity index (χ1n) is 8.22. The molecule has 0 saturated heterocycles. The summed E-state index contributed by atoms with van der Waals surface area (Å²) in [6, 6.07) is 7.89. The van der Waals surface area contributed by atoms with Crippen molar-refractivity contribution in [2.75, 3.05) is 46.6 Å². The standard InChI is InChI=1S/C18H29N3O3/c1-4-11-24-17-9-7-6-8-16(17)15-21-18(19-5-2)20-10-12-23-14-13-22-3/h4,6-9H,1,5,10-15H2,2-3H3,(H2,19,20,21). The van der Waals surface area contributed by atoms with Crippen molar-refractivity contribution in [2.45, 2.75) is 13.5 Å². The van der Waals surface area contributed by atoms with Crippen molar-refractivity contribution in [2.24, 2.45) is 4.99 Å². The maximum Gasteiger partial charge on any atom is 0.191 e. The number of benzene rings is 1. The first-order valence-corrected chi connectivity index (χ1v) is 8.22. The van der Waals surface area contributed by atoms with Crippen molar-refractivity contribution in [1.82, 2.24) is 10.6 Å². The van der Waals surface area contributed by atoms with Crippen molar-refractivity contribution in [1.29, 1.82) is 0 Å². The van der Waals surface area contributed by atoms with Gasteiger partial charge in [-0.2, -0.15) is 0 Å². The highest BCUT2D eigenvalue weighted by atomic mass is 16.5. The highest BCUT2D eigenvalue weighted by Gasteiger charge is 2.03. The molecule has 0 aliphatic heterocycles. The van der Waals surface area contributed by atoms with E-state index in [1.165, 1.54) is 0 Å². The molecule has 0 spiro atoms. The molecule has 24 heavy (non-hydrogen) atoms. The second-order valence-electron chi connectivity index (χ2n) is 4.93. The average Bonchev–Trinajstić information content (AvgIpc) is 2.61. The zero-order valence-electron chi connectivity index (χ0n) is 14.7. The molecule has 0 amide bonds. The monoisotopic (exact) mass is 335 g/mol. The van der Waals surface area contributed by atoms with Crippen LogP contribution >= 0.6 is 0 Å². The number of ether oxygens (including phenoxy) is 3. The lowest BCUT2D eigenvalue weighted by Crippen LogP contribution is -2.39. The summed E-state index contributed by atoms with van der Waals surface area (Å²) in [5, 5.41) is 6.47. The maximum atomic E-state index is 5.65. The van der Waals surface area contributed by atoms with Crippen molar-refractivity contribution in [3.8, 4) is 5.75 Å². The van der Waals surface area contributed by atoms with Crippen LogP contribution in [0, 0.1) is 0 Å². The molecule has 1 rings (SSSR count). The van der Waals surface area contributed by atoms with Crippen LogP contribution in [0.4, 0.5) is 0 Å². The van der Waals surface area contributed by atoms with Crippen molar-refractivity contribution >= 4 is 5.96 Å². The van der Waals surface area contributed by atoms with Gasteiger partial charge in [0, 0.05) is 25.8 Å². The molecule has 0 radical (unpaired) electrons. The van der Waals surface area contributed by atoms with Gasteiger partial charge in [0.2, 0.25) is 0 Å². The molecule has 134 valence electrons. The Morgan fingerprint density at radius 3 is 2.79 bits per heavy atom. The fraction of sp³-hybridized carbons (Fsp3) is 0.500. The van der Waals surface area contributed by atoms with Crippen molar-refractivity contribution in [3.63, 3.8) is 0 Å². The van der Waals surface area contributed by atoms with Crippen LogP contribution in [0.15, 0.2) is 41.9 Å². The molecule has 0 atom stereocenters. The summed E-state index contributed by atoms with van der Waals surface area (Å²) in [5.41, 5.74) is 1.04. The van der Waals surface area contributed by atoms with E-state index in [-0.39, 0.29) is 0 Å². The predicted molar refractivity (Wildman–Crippen MR) is 97.6 cm³/mol. The van der Waals surface area contributed by atoms with Crippen molar-refractivity contribution in [3.05, 3.63) is 42.5 Å². The third kappa shape index (κ3) is 8.55. The third-order valence-corrected chi connectivity index (χ3v) is 3.05. The van der Waals surface area contributed by atoms with Crippen LogP contribution in [0.5, 0.6) is 5.75 Å². The molecular weight excluding hydrogens is 306 g/mol. The molecule has 0 aliphatic carbocycles. The molecule has 0 aromatic heterocycles. The van der Waals surface area contributed by atoms with Gasteiger partial charge in [0.1, 0.15) is 12.4 Å². The number of rotatable bonds is 12. The van der Waals surface area contributed by atoms with Gasteiger partial charge in [-0.25, -0.2) is 4.99 Å². The van der Waals surface area contributed by atoms with E-state index in [2.05, 4.69) is 22.2 Å². The van der Waals surface area contributed by atoms with Crippen LogP contribution in [0.3, 0.4) is 0 Å². The van der Waals surface area contributed by atoms with Gasteiger partial charge in [-0.1, -0.05) is 30.9 Å². The number of aliphatic imine (C=N–C) groups is 1. The van der Waals surface area contributed by atoms with Gasteiger partial charge in [-0.15, -0.1) is 0 Å². The van der Waals surface area contributed by atoms with Gasteiger partial charge in [0.25, 0.3) is 0 Å². The van der Waals surface area contributed by atoms with E-state index in [9.17, 15) is 0 Å². The first-order chi connectivity index (χ1) is 11.8. The summed E-state index contributed by atoms with van der Waals surface area (Å²) in [4.78, 5) is 4.59. The lowest BCUT2D eigenvalue weighted by Gasteiger charge is -2.12. The summed E-state index contributed by atoms with van der Waals surface area (Å²) in [6.07, 6.45) is 1.73. The Labute approximate surface area is 144 Å². The average molecular weight is 335 g/mol. The smallest absolute Gasteiger partial charge is 0.191 e. The van der Waals surface area contributed by atoms with E-state index in [4.69, 9.17) is 14.2 Å². The number of nitrogens with one attached hydrogen (secondary N) is 2. The molecule has 0 unspecified atom stereocenters. The summed E-state index contributed by atoms with van der Waals surface area (Å²) >= 11 is 0. The number of para-hydroxylation sites is 1. The molecular formula is C18H29N3O3. The summed E-state index contributed by atoms with van der Waals surface area (Å²) in [5.74, 6) is 1.59. The van der Waals surface area contributed by atoms with E-state index < -0.39 is 0 Å². The number of hydrogen-bond acceptors (Lipinski definition) is 4. The third-order valence-electron chi connectivity index (χ3n) is 3.05. The van der Waals surface area contributed by atoms with E-state index >= 15 is 0 Å². The minimum absolute atomic E-state index is 0.484. The summed E-state index contributed by atoms with van der Waals surface area (Å²) in [7, 11) is 1.66. The van der Waals surface area contributed by atoms with Gasteiger partial charge in [0.05, 0.1) is 26.4 Å². The zero-order chi connectivity index (χ0) is 17.5. The SMILES string of the molecule is C=CCOc1ccccc1CN=C(NCC)NCCOCCOC. The topological polar surface area (TPSA) is 64.1 Å². The Kier molecular flexibility index (Phi) is 11.2. The molecule has 0 bridgehead atoms. The van der Waals surface area contributed by atoms with Gasteiger partial charge in [-0.3, -0.25) is 0 Å². The highest BCUT2D eigenvalue weighted by molar-refractivity contribution is 5.79.